The quantitative estimate of drug-likeness (QED) is 0.897. The predicted molar refractivity (Wildman–Crippen MR) is 65.7 cm³/mol. The molecule has 3 nitrogen and oxygen atoms in total. The first-order valence-electron chi connectivity index (χ1n) is 4.77. The first-order valence-corrected chi connectivity index (χ1v) is 5.52. The monoisotopic (exact) mass is 255 g/mol. The molecule has 0 amide bonds. The zero-order valence-electron chi connectivity index (χ0n) is 8.69. The second-order valence-electron chi connectivity index (χ2n) is 3.55. The molecule has 2 aromatic rings. The fraction of sp³-hybridized carbons (Fsp3) is 0.182. The number of aromatic nitrogens is 2. The zero-order chi connectivity index (χ0) is 11.7. The Morgan fingerprint density at radius 3 is 2.75 bits per heavy atom. The van der Waals surface area contributed by atoms with Gasteiger partial charge in [0.15, 0.2) is 0 Å². The van der Waals surface area contributed by atoms with Gasteiger partial charge in [0.05, 0.1) is 34.3 Å². The maximum Gasteiger partial charge on any atom is 0.0946 e. The molecule has 0 aliphatic heterocycles. The minimum atomic E-state index is -0.321. The van der Waals surface area contributed by atoms with E-state index in [9.17, 15) is 0 Å². The standard InChI is InChI=1S/C11H11Cl2N3/c1-16-6-15-5-9(16)11(14)7-3-2-4-8(12)10(7)13/h2-6,11H,14H2,1H3. The van der Waals surface area contributed by atoms with E-state index >= 15 is 0 Å². The number of hydrogen-bond acceptors (Lipinski definition) is 2. The van der Waals surface area contributed by atoms with Crippen molar-refractivity contribution in [3.8, 4) is 0 Å². The van der Waals surface area contributed by atoms with Gasteiger partial charge in [-0.15, -0.1) is 0 Å². The summed E-state index contributed by atoms with van der Waals surface area (Å²) in [7, 11) is 1.89. The Bertz CT molecular complexity index is 508. The van der Waals surface area contributed by atoms with Gasteiger partial charge in [0, 0.05) is 7.05 Å². The van der Waals surface area contributed by atoms with Gasteiger partial charge in [-0.1, -0.05) is 35.3 Å². The van der Waals surface area contributed by atoms with Gasteiger partial charge in [0.25, 0.3) is 0 Å². The molecule has 16 heavy (non-hydrogen) atoms. The highest BCUT2D eigenvalue weighted by molar-refractivity contribution is 6.42. The van der Waals surface area contributed by atoms with Crippen LogP contribution in [0.2, 0.25) is 10.0 Å². The highest BCUT2D eigenvalue weighted by Crippen LogP contribution is 2.31. The smallest absolute Gasteiger partial charge is 0.0946 e. The van der Waals surface area contributed by atoms with Crippen molar-refractivity contribution in [1.29, 1.82) is 0 Å². The maximum atomic E-state index is 6.13. The van der Waals surface area contributed by atoms with Crippen LogP contribution >= 0.6 is 23.2 Å². The van der Waals surface area contributed by atoms with Crippen molar-refractivity contribution in [1.82, 2.24) is 9.55 Å². The highest BCUT2D eigenvalue weighted by Gasteiger charge is 2.16. The molecule has 2 N–H and O–H groups in total. The third kappa shape index (κ3) is 1.94. The van der Waals surface area contributed by atoms with Crippen LogP contribution < -0.4 is 5.73 Å². The van der Waals surface area contributed by atoms with Crippen LogP contribution in [0.3, 0.4) is 0 Å². The van der Waals surface area contributed by atoms with E-state index in [0.29, 0.717) is 10.0 Å². The summed E-state index contributed by atoms with van der Waals surface area (Å²) in [6.07, 6.45) is 3.43. The van der Waals surface area contributed by atoms with E-state index in [1.54, 1.807) is 18.6 Å². The molecule has 0 aliphatic rings. The predicted octanol–water partition coefficient (Wildman–Crippen LogP) is 2.78. The van der Waals surface area contributed by atoms with Gasteiger partial charge in [-0.3, -0.25) is 0 Å². The van der Waals surface area contributed by atoms with Crippen molar-refractivity contribution in [2.45, 2.75) is 6.04 Å². The van der Waals surface area contributed by atoms with Gasteiger partial charge < -0.3 is 10.3 Å². The Balaban J connectivity index is 2.46. The van der Waals surface area contributed by atoms with Gasteiger partial charge in [0.1, 0.15) is 0 Å². The Hall–Kier alpha value is -1.03. The lowest BCUT2D eigenvalue weighted by Gasteiger charge is -2.14. The Morgan fingerprint density at radius 1 is 1.38 bits per heavy atom. The minimum absolute atomic E-state index is 0.321. The van der Waals surface area contributed by atoms with Gasteiger partial charge in [-0.05, 0) is 11.6 Å². The molecule has 1 atom stereocenters. The lowest BCUT2D eigenvalue weighted by Crippen LogP contribution is -2.15. The van der Waals surface area contributed by atoms with Crippen molar-refractivity contribution < 1.29 is 0 Å². The van der Waals surface area contributed by atoms with Crippen LogP contribution in [0.4, 0.5) is 0 Å². The van der Waals surface area contributed by atoms with Gasteiger partial charge >= 0.3 is 0 Å². The lowest BCUT2D eigenvalue weighted by atomic mass is 10.1. The number of rotatable bonds is 2. The van der Waals surface area contributed by atoms with E-state index < -0.39 is 0 Å². The molecule has 5 heteroatoms. The van der Waals surface area contributed by atoms with E-state index in [4.69, 9.17) is 28.9 Å². The van der Waals surface area contributed by atoms with Crippen LogP contribution in [0.15, 0.2) is 30.7 Å². The Kier molecular flexibility index (Phi) is 3.19. The van der Waals surface area contributed by atoms with Crippen LogP contribution in [-0.4, -0.2) is 9.55 Å². The van der Waals surface area contributed by atoms with E-state index in [2.05, 4.69) is 4.98 Å². The van der Waals surface area contributed by atoms with Crippen LogP contribution in [0.25, 0.3) is 0 Å². The molecule has 1 unspecified atom stereocenters. The van der Waals surface area contributed by atoms with Crippen LogP contribution in [0.1, 0.15) is 17.3 Å². The lowest BCUT2D eigenvalue weighted by molar-refractivity contribution is 0.746. The molecule has 0 saturated heterocycles. The van der Waals surface area contributed by atoms with Crippen molar-refractivity contribution >= 4 is 23.2 Å². The summed E-state index contributed by atoms with van der Waals surface area (Å²) >= 11 is 12.1. The third-order valence-electron chi connectivity index (χ3n) is 2.49. The highest BCUT2D eigenvalue weighted by atomic mass is 35.5. The van der Waals surface area contributed by atoms with Gasteiger partial charge in [-0.2, -0.15) is 0 Å². The summed E-state index contributed by atoms with van der Waals surface area (Å²) in [5.74, 6) is 0. The van der Waals surface area contributed by atoms with Crippen LogP contribution in [0.5, 0.6) is 0 Å². The SMILES string of the molecule is Cn1cncc1C(N)c1cccc(Cl)c1Cl. The summed E-state index contributed by atoms with van der Waals surface area (Å²) in [5.41, 5.74) is 7.82. The molecule has 1 aromatic heterocycles. The largest absolute Gasteiger partial charge is 0.336 e. The van der Waals surface area contributed by atoms with E-state index in [-0.39, 0.29) is 6.04 Å². The summed E-state index contributed by atoms with van der Waals surface area (Å²) in [6.45, 7) is 0. The van der Waals surface area contributed by atoms with Gasteiger partial charge in [-0.25, -0.2) is 4.98 Å². The molecule has 84 valence electrons. The molecule has 0 aliphatic carbocycles. The number of benzene rings is 1. The third-order valence-corrected chi connectivity index (χ3v) is 3.32. The Morgan fingerprint density at radius 2 is 2.12 bits per heavy atom. The average molecular weight is 256 g/mol. The first kappa shape index (κ1) is 11.5. The molecule has 0 radical (unpaired) electrons. The normalized spacial score (nSPS) is 12.8. The molecule has 0 saturated carbocycles. The molecule has 2 rings (SSSR count). The van der Waals surface area contributed by atoms with Crippen molar-refractivity contribution in [3.63, 3.8) is 0 Å². The molecule has 0 fully saturated rings. The molecular weight excluding hydrogens is 245 g/mol. The van der Waals surface area contributed by atoms with E-state index in [0.717, 1.165) is 11.3 Å². The van der Waals surface area contributed by atoms with Gasteiger partial charge in [0.2, 0.25) is 0 Å². The number of nitrogens with zero attached hydrogens (tertiary/aromatic N) is 2. The number of hydrogen-bond donors (Lipinski definition) is 1. The fourth-order valence-electron chi connectivity index (χ4n) is 1.59. The molecular formula is C11H11Cl2N3. The Labute approximate surface area is 104 Å². The molecule has 0 spiro atoms. The summed E-state index contributed by atoms with van der Waals surface area (Å²) in [5, 5.41) is 1.01. The van der Waals surface area contributed by atoms with Crippen molar-refractivity contribution in [3.05, 3.63) is 52.0 Å². The fourth-order valence-corrected chi connectivity index (χ4v) is 2.01. The minimum Gasteiger partial charge on any atom is -0.336 e. The number of nitrogens with two attached hydrogens (primary N) is 1. The topological polar surface area (TPSA) is 43.8 Å². The second-order valence-corrected chi connectivity index (χ2v) is 4.34. The number of halogens is 2. The van der Waals surface area contributed by atoms with Crippen LogP contribution in [-0.2, 0) is 7.05 Å². The summed E-state index contributed by atoms with van der Waals surface area (Å²) in [4.78, 5) is 4.03. The van der Waals surface area contributed by atoms with E-state index in [1.165, 1.54) is 0 Å². The first-order chi connectivity index (χ1) is 7.61. The average Bonchev–Trinajstić information content (AvgIpc) is 2.68. The number of imidazole rings is 1. The molecule has 1 aromatic carbocycles. The van der Waals surface area contributed by atoms with E-state index in [1.807, 2.05) is 23.7 Å². The summed E-state index contributed by atoms with van der Waals surface area (Å²) in [6, 6.07) is 5.12. The summed E-state index contributed by atoms with van der Waals surface area (Å²) < 4.78 is 1.86. The van der Waals surface area contributed by atoms with Crippen LogP contribution in [0, 0.1) is 0 Å². The zero-order valence-corrected chi connectivity index (χ0v) is 10.2. The van der Waals surface area contributed by atoms with Crippen molar-refractivity contribution in [2.24, 2.45) is 12.8 Å². The molecule has 1 heterocycles. The molecule has 0 bridgehead atoms. The van der Waals surface area contributed by atoms with Crippen molar-refractivity contribution in [2.75, 3.05) is 0 Å². The maximum absolute atomic E-state index is 6.13. The second kappa shape index (κ2) is 4.45. The number of aryl methyl sites for hydroxylation is 1.